The van der Waals surface area contributed by atoms with E-state index in [1.54, 1.807) is 6.92 Å². The number of aliphatic hydroxyl groups is 1. The van der Waals surface area contributed by atoms with Gasteiger partial charge in [0.25, 0.3) is 0 Å². The van der Waals surface area contributed by atoms with Crippen molar-refractivity contribution in [2.45, 2.75) is 78.9 Å². The molecule has 0 aromatic heterocycles. The highest BCUT2D eigenvalue weighted by atomic mass is 16.5. The van der Waals surface area contributed by atoms with Gasteiger partial charge in [-0.2, -0.15) is 0 Å². The van der Waals surface area contributed by atoms with E-state index in [2.05, 4.69) is 13.8 Å². The third-order valence-corrected chi connectivity index (χ3v) is 8.26. The van der Waals surface area contributed by atoms with Gasteiger partial charge in [0, 0.05) is 24.3 Å². The first-order chi connectivity index (χ1) is 13.3. The highest BCUT2D eigenvalue weighted by molar-refractivity contribution is 5.82. The van der Waals surface area contributed by atoms with Gasteiger partial charge in [-0.25, -0.2) is 4.79 Å². The first-order valence-electron chi connectivity index (χ1n) is 10.4. The summed E-state index contributed by atoms with van der Waals surface area (Å²) in [5.41, 5.74) is -1.09. The summed E-state index contributed by atoms with van der Waals surface area (Å²) in [4.78, 5) is 35.1. The molecule has 0 aromatic carbocycles. The molecule has 7 unspecified atom stereocenters. The largest absolute Gasteiger partial charge is 0.466 e. The average molecular weight is 409 g/mol. The molecule has 0 saturated heterocycles. The van der Waals surface area contributed by atoms with E-state index in [0.29, 0.717) is 19.3 Å². The van der Waals surface area contributed by atoms with Gasteiger partial charge in [0.2, 0.25) is 0 Å². The number of esters is 2. The minimum Gasteiger partial charge on any atom is -0.466 e. The molecule has 164 valence electrons. The number of aldehydes is 1. The number of allylic oxidation sites excluding steroid dienone is 1. The monoisotopic (exact) mass is 408 g/mol. The molecule has 0 amide bonds. The van der Waals surface area contributed by atoms with Gasteiger partial charge in [-0.15, -0.1) is 0 Å². The summed E-state index contributed by atoms with van der Waals surface area (Å²) in [6.45, 7) is 11.3. The van der Waals surface area contributed by atoms with Gasteiger partial charge in [-0.05, 0) is 56.8 Å². The van der Waals surface area contributed by atoms with E-state index in [1.807, 2.05) is 13.8 Å². The van der Waals surface area contributed by atoms with Gasteiger partial charge < -0.3 is 19.4 Å². The van der Waals surface area contributed by atoms with Crippen LogP contribution in [0, 0.1) is 28.6 Å². The number of hydrogen-bond acceptors (Lipinski definition) is 6. The lowest BCUT2D eigenvalue weighted by atomic mass is 9.49. The Balaban J connectivity index is 2.43. The Labute approximate surface area is 174 Å². The molecule has 0 aromatic rings. The molecule has 7 atom stereocenters. The highest BCUT2D eigenvalue weighted by Crippen LogP contribution is 2.67. The molecule has 29 heavy (non-hydrogen) atoms. The van der Waals surface area contributed by atoms with E-state index in [-0.39, 0.29) is 35.3 Å². The molecule has 0 bridgehead atoms. The first kappa shape index (κ1) is 23.6. The molecule has 6 heteroatoms. The van der Waals surface area contributed by atoms with E-state index in [4.69, 9.17) is 9.47 Å². The topological polar surface area (TPSA) is 89.9 Å². The van der Waals surface area contributed by atoms with Crippen molar-refractivity contribution in [3.8, 4) is 0 Å². The Morgan fingerprint density at radius 1 is 1.21 bits per heavy atom. The molecule has 2 aliphatic carbocycles. The van der Waals surface area contributed by atoms with Gasteiger partial charge in [0.15, 0.2) is 0 Å². The summed E-state index contributed by atoms with van der Waals surface area (Å²) in [6, 6.07) is 0. The van der Waals surface area contributed by atoms with Crippen molar-refractivity contribution in [2.75, 3.05) is 7.11 Å². The van der Waals surface area contributed by atoms with Crippen molar-refractivity contribution in [3.63, 3.8) is 0 Å². The second-order valence-corrected chi connectivity index (χ2v) is 9.76. The molecule has 0 aliphatic heterocycles. The van der Waals surface area contributed by atoms with Crippen LogP contribution in [0.2, 0.25) is 0 Å². The maximum atomic E-state index is 11.8. The predicted octanol–water partition coefficient (Wildman–Crippen LogP) is 3.46. The standard InChI is InChI=1S/C23H36O6/c1-14(10-20(26)28-7)8-9-21(4)15(2)18(29-16(3)25)12-22(5)19(21)11-17(13-24)23(22,6)27/h10,13,15,17-19,27H,8-9,11-12H2,1-7H3. The Kier molecular flexibility index (Phi) is 6.68. The summed E-state index contributed by atoms with van der Waals surface area (Å²) in [5.74, 6) is -1.02. The molecule has 6 nitrogen and oxygen atoms in total. The molecule has 2 aliphatic rings. The van der Waals surface area contributed by atoms with Gasteiger partial charge in [-0.3, -0.25) is 4.79 Å². The first-order valence-corrected chi connectivity index (χ1v) is 10.4. The van der Waals surface area contributed by atoms with Crippen LogP contribution < -0.4 is 0 Å². The maximum absolute atomic E-state index is 11.8. The second-order valence-electron chi connectivity index (χ2n) is 9.76. The lowest BCUT2D eigenvalue weighted by Crippen LogP contribution is -2.58. The highest BCUT2D eigenvalue weighted by Gasteiger charge is 2.68. The minimum absolute atomic E-state index is 0.0524. The molecule has 0 heterocycles. The van der Waals surface area contributed by atoms with Crippen LogP contribution in [0.15, 0.2) is 11.6 Å². The lowest BCUT2D eigenvalue weighted by molar-refractivity contribution is -0.191. The average Bonchev–Trinajstić information content (AvgIpc) is 2.84. The maximum Gasteiger partial charge on any atom is 0.330 e. The van der Waals surface area contributed by atoms with Crippen molar-refractivity contribution < 1.29 is 29.0 Å². The quantitative estimate of drug-likeness (QED) is 0.411. The summed E-state index contributed by atoms with van der Waals surface area (Å²) < 4.78 is 10.4. The number of hydrogen-bond donors (Lipinski definition) is 1. The SMILES string of the molecule is COC(=O)C=C(C)CCC1(C)C(C)C(OC(C)=O)CC2(C)C1CC(C=O)C2(C)O. The van der Waals surface area contributed by atoms with Crippen molar-refractivity contribution in [1.82, 2.24) is 0 Å². The van der Waals surface area contributed by atoms with E-state index in [0.717, 1.165) is 18.3 Å². The van der Waals surface area contributed by atoms with Crippen LogP contribution in [0.3, 0.4) is 0 Å². The molecule has 2 saturated carbocycles. The molecule has 0 radical (unpaired) electrons. The Hall–Kier alpha value is -1.69. The van der Waals surface area contributed by atoms with E-state index < -0.39 is 16.9 Å². The Bertz CT molecular complexity index is 695. The number of carbonyl (C=O) groups is 3. The summed E-state index contributed by atoms with van der Waals surface area (Å²) in [7, 11) is 1.35. The van der Waals surface area contributed by atoms with Crippen LogP contribution in [0.1, 0.15) is 67.2 Å². The third kappa shape index (κ3) is 4.00. The zero-order valence-electron chi connectivity index (χ0n) is 18.8. The van der Waals surface area contributed by atoms with E-state index in [1.165, 1.54) is 20.1 Å². The molecular weight excluding hydrogens is 372 g/mol. The predicted molar refractivity (Wildman–Crippen MR) is 109 cm³/mol. The zero-order valence-corrected chi connectivity index (χ0v) is 18.8. The summed E-state index contributed by atoms with van der Waals surface area (Å²) in [6.07, 6.45) is 4.62. The molecule has 2 rings (SSSR count). The summed E-state index contributed by atoms with van der Waals surface area (Å²) >= 11 is 0. The van der Waals surface area contributed by atoms with Crippen molar-refractivity contribution in [2.24, 2.45) is 28.6 Å². The van der Waals surface area contributed by atoms with Gasteiger partial charge in [0.1, 0.15) is 12.4 Å². The Morgan fingerprint density at radius 2 is 1.83 bits per heavy atom. The van der Waals surface area contributed by atoms with Crippen molar-refractivity contribution >= 4 is 18.2 Å². The van der Waals surface area contributed by atoms with Crippen LogP contribution in [0.25, 0.3) is 0 Å². The zero-order chi connectivity index (χ0) is 22.2. The minimum atomic E-state index is -1.17. The fourth-order valence-corrected chi connectivity index (χ4v) is 5.95. The van der Waals surface area contributed by atoms with Gasteiger partial charge >= 0.3 is 11.9 Å². The Morgan fingerprint density at radius 3 is 2.34 bits per heavy atom. The van der Waals surface area contributed by atoms with Crippen molar-refractivity contribution in [3.05, 3.63) is 11.6 Å². The normalized spacial score (nSPS) is 42.1. The fourth-order valence-electron chi connectivity index (χ4n) is 5.95. The van der Waals surface area contributed by atoms with Crippen LogP contribution in [-0.4, -0.2) is 42.1 Å². The molecule has 0 spiro atoms. The molecular formula is C23H36O6. The fraction of sp³-hybridized carbons (Fsp3) is 0.783. The number of carbonyl (C=O) groups excluding carboxylic acids is 3. The van der Waals surface area contributed by atoms with Gasteiger partial charge in [0.05, 0.1) is 12.7 Å². The smallest absolute Gasteiger partial charge is 0.330 e. The lowest BCUT2D eigenvalue weighted by Gasteiger charge is -2.58. The number of rotatable bonds is 6. The van der Waals surface area contributed by atoms with Crippen LogP contribution in [-0.2, 0) is 23.9 Å². The van der Waals surface area contributed by atoms with E-state index in [9.17, 15) is 19.5 Å². The van der Waals surface area contributed by atoms with Crippen LogP contribution >= 0.6 is 0 Å². The number of ether oxygens (including phenoxy) is 2. The number of methoxy groups -OCH3 is 1. The van der Waals surface area contributed by atoms with E-state index >= 15 is 0 Å². The third-order valence-electron chi connectivity index (χ3n) is 8.26. The second kappa shape index (κ2) is 8.21. The van der Waals surface area contributed by atoms with Crippen LogP contribution in [0.4, 0.5) is 0 Å². The van der Waals surface area contributed by atoms with Crippen molar-refractivity contribution in [1.29, 1.82) is 0 Å². The van der Waals surface area contributed by atoms with Crippen LogP contribution in [0.5, 0.6) is 0 Å². The van der Waals surface area contributed by atoms with Gasteiger partial charge in [-0.1, -0.05) is 26.3 Å². The molecule has 2 fully saturated rings. The molecule has 1 N–H and O–H groups in total. The number of fused-ring (bicyclic) bond motifs is 1. The summed E-state index contributed by atoms with van der Waals surface area (Å²) in [5, 5.41) is 11.4.